The van der Waals surface area contributed by atoms with E-state index in [-0.39, 0.29) is 17.9 Å². The van der Waals surface area contributed by atoms with Crippen molar-refractivity contribution in [3.8, 4) is 0 Å². The highest BCUT2D eigenvalue weighted by Gasteiger charge is 2.30. The minimum Gasteiger partial charge on any atom is -0.349 e. The molecule has 1 aliphatic heterocycles. The first-order valence-corrected chi connectivity index (χ1v) is 11.5. The summed E-state index contributed by atoms with van der Waals surface area (Å²) in [5.74, 6) is -0.240. The molecule has 0 radical (unpaired) electrons. The lowest BCUT2D eigenvalue weighted by Gasteiger charge is -2.30. The van der Waals surface area contributed by atoms with Gasteiger partial charge in [-0.15, -0.1) is 0 Å². The Morgan fingerprint density at radius 3 is 2.48 bits per heavy atom. The second-order valence-corrected chi connectivity index (χ2v) is 9.47. The molecule has 154 valence electrons. The van der Waals surface area contributed by atoms with Gasteiger partial charge in [-0.05, 0) is 49.1 Å². The van der Waals surface area contributed by atoms with Gasteiger partial charge < -0.3 is 5.32 Å². The Morgan fingerprint density at radius 1 is 1.14 bits per heavy atom. The van der Waals surface area contributed by atoms with E-state index < -0.39 is 10.0 Å². The van der Waals surface area contributed by atoms with Crippen LogP contribution in [0, 0.1) is 5.92 Å². The summed E-state index contributed by atoms with van der Waals surface area (Å²) in [5, 5.41) is 4.88. The molecule has 29 heavy (non-hydrogen) atoms. The smallest absolute Gasteiger partial charge is 0.236 e. The fourth-order valence-electron chi connectivity index (χ4n) is 3.38. The molecule has 0 spiro atoms. The van der Waals surface area contributed by atoms with Crippen LogP contribution in [0.5, 0.6) is 0 Å². The lowest BCUT2D eigenvalue weighted by Crippen LogP contribution is -2.42. The maximum absolute atomic E-state index is 12.6. The molecule has 5 nitrogen and oxygen atoms in total. The largest absolute Gasteiger partial charge is 0.349 e. The number of hydrogen-bond donors (Lipinski definition) is 1. The third-order valence-electron chi connectivity index (χ3n) is 5.12. The molecule has 1 saturated heterocycles. The number of carbonyl (C=O) groups excluding carboxylic acids is 1. The van der Waals surface area contributed by atoms with Crippen molar-refractivity contribution < 1.29 is 13.2 Å². The maximum Gasteiger partial charge on any atom is 0.236 e. The van der Waals surface area contributed by atoms with Crippen LogP contribution in [-0.4, -0.2) is 31.7 Å². The van der Waals surface area contributed by atoms with Crippen LogP contribution >= 0.6 is 11.6 Å². The number of piperidine rings is 1. The van der Waals surface area contributed by atoms with Gasteiger partial charge in [-0.3, -0.25) is 4.79 Å². The number of hydrogen-bond acceptors (Lipinski definition) is 3. The van der Waals surface area contributed by atoms with Gasteiger partial charge in [0.15, 0.2) is 0 Å². The fraction of sp³-hybridized carbons (Fsp3) is 0.318. The molecule has 1 unspecified atom stereocenters. The predicted octanol–water partition coefficient (Wildman–Crippen LogP) is 4.23. The first-order valence-electron chi connectivity index (χ1n) is 9.64. The van der Waals surface area contributed by atoms with E-state index >= 15 is 0 Å². The number of halogens is 1. The molecule has 7 heteroatoms. The summed E-state index contributed by atoms with van der Waals surface area (Å²) in [6.45, 7) is 2.59. The van der Waals surface area contributed by atoms with Crippen molar-refractivity contribution in [2.45, 2.75) is 25.8 Å². The summed E-state index contributed by atoms with van der Waals surface area (Å²) < 4.78 is 26.6. The molecule has 2 aromatic carbocycles. The van der Waals surface area contributed by atoms with Crippen molar-refractivity contribution in [1.29, 1.82) is 0 Å². The Kier molecular flexibility index (Phi) is 7.11. The first kappa shape index (κ1) is 21.6. The van der Waals surface area contributed by atoms with Crippen molar-refractivity contribution >= 4 is 33.6 Å². The van der Waals surface area contributed by atoms with Crippen molar-refractivity contribution in [3.63, 3.8) is 0 Å². The zero-order chi connectivity index (χ0) is 20.9. The van der Waals surface area contributed by atoms with Gasteiger partial charge in [0.05, 0.1) is 6.04 Å². The number of benzene rings is 2. The molecule has 3 rings (SSSR count). The van der Waals surface area contributed by atoms with Crippen LogP contribution in [0.4, 0.5) is 0 Å². The molecule has 1 amide bonds. The zero-order valence-corrected chi connectivity index (χ0v) is 17.9. The topological polar surface area (TPSA) is 66.5 Å². The van der Waals surface area contributed by atoms with Crippen LogP contribution in [0.1, 0.15) is 36.9 Å². The first-order chi connectivity index (χ1) is 13.8. The molecule has 1 heterocycles. The summed E-state index contributed by atoms with van der Waals surface area (Å²) in [4.78, 5) is 12.6. The van der Waals surface area contributed by atoms with Crippen molar-refractivity contribution in [1.82, 2.24) is 9.62 Å². The zero-order valence-electron chi connectivity index (χ0n) is 16.3. The van der Waals surface area contributed by atoms with Gasteiger partial charge in [0, 0.05) is 29.4 Å². The molecule has 1 N–H and O–H groups in total. The van der Waals surface area contributed by atoms with Crippen LogP contribution in [0.25, 0.3) is 6.08 Å². The third kappa shape index (κ3) is 5.92. The number of carbonyl (C=O) groups is 1. The van der Waals surface area contributed by atoms with Gasteiger partial charge in [0.25, 0.3) is 0 Å². The second kappa shape index (κ2) is 9.57. The van der Waals surface area contributed by atoms with Crippen LogP contribution in [0.3, 0.4) is 0 Å². The number of amides is 1. The van der Waals surface area contributed by atoms with Crippen molar-refractivity contribution in [2.75, 3.05) is 13.1 Å². The standard InChI is InChI=1S/C22H25ClN2O3S/c1-17(20-8-5-9-21(23)16-20)24-22(26)19-10-13-25(14-11-19)29(27,28)15-12-18-6-3-2-4-7-18/h2-9,12,15-17,19H,10-11,13-14H2,1H3,(H,24,26)/b15-12+. The fourth-order valence-corrected chi connectivity index (χ4v) is 4.80. The van der Waals surface area contributed by atoms with E-state index in [1.165, 1.54) is 9.71 Å². The lowest BCUT2D eigenvalue weighted by molar-refractivity contribution is -0.126. The molecular weight excluding hydrogens is 408 g/mol. The molecule has 2 aromatic rings. The average Bonchev–Trinajstić information content (AvgIpc) is 2.73. The highest BCUT2D eigenvalue weighted by atomic mass is 35.5. The van der Waals surface area contributed by atoms with Gasteiger partial charge in [-0.2, -0.15) is 4.31 Å². The molecule has 0 aromatic heterocycles. The average molecular weight is 433 g/mol. The quantitative estimate of drug-likeness (QED) is 0.742. The van der Waals surface area contributed by atoms with E-state index in [9.17, 15) is 13.2 Å². The van der Waals surface area contributed by atoms with Gasteiger partial charge in [-0.1, -0.05) is 54.1 Å². The maximum atomic E-state index is 12.6. The molecule has 1 aliphatic rings. The number of nitrogens with one attached hydrogen (secondary N) is 1. The van der Waals surface area contributed by atoms with Crippen LogP contribution < -0.4 is 5.32 Å². The predicted molar refractivity (Wildman–Crippen MR) is 117 cm³/mol. The molecule has 0 bridgehead atoms. The highest BCUT2D eigenvalue weighted by molar-refractivity contribution is 7.92. The summed E-state index contributed by atoms with van der Waals surface area (Å²) in [7, 11) is -3.50. The van der Waals surface area contributed by atoms with Gasteiger partial charge in [-0.25, -0.2) is 8.42 Å². The van der Waals surface area contributed by atoms with E-state index in [1.807, 2.05) is 55.5 Å². The number of rotatable bonds is 6. The summed E-state index contributed by atoms with van der Waals surface area (Å²) in [6, 6.07) is 16.6. The molecule has 1 fully saturated rings. The number of sulfonamides is 1. The Morgan fingerprint density at radius 2 is 1.83 bits per heavy atom. The van der Waals surface area contributed by atoms with E-state index in [0.29, 0.717) is 31.0 Å². The monoisotopic (exact) mass is 432 g/mol. The van der Waals surface area contributed by atoms with Crippen LogP contribution in [0.15, 0.2) is 60.0 Å². The molecular formula is C22H25ClN2O3S. The third-order valence-corrected chi connectivity index (χ3v) is 6.92. The van der Waals surface area contributed by atoms with Crippen molar-refractivity contribution in [2.24, 2.45) is 5.92 Å². The SMILES string of the molecule is CC(NC(=O)C1CCN(S(=O)(=O)/C=C/c2ccccc2)CC1)c1cccc(Cl)c1. The van der Waals surface area contributed by atoms with Gasteiger partial charge >= 0.3 is 0 Å². The minimum absolute atomic E-state index is 0.0469. The minimum atomic E-state index is -3.50. The molecule has 0 saturated carbocycles. The summed E-state index contributed by atoms with van der Waals surface area (Å²) in [5.41, 5.74) is 1.78. The normalized spacial score (nSPS) is 17.3. The van der Waals surface area contributed by atoms with E-state index in [2.05, 4.69) is 5.32 Å². The Hall–Kier alpha value is -2.15. The van der Waals surface area contributed by atoms with Gasteiger partial charge in [0.2, 0.25) is 15.9 Å². The molecule has 0 aliphatic carbocycles. The summed E-state index contributed by atoms with van der Waals surface area (Å²) in [6.07, 6.45) is 2.61. The van der Waals surface area contributed by atoms with E-state index in [1.54, 1.807) is 12.1 Å². The van der Waals surface area contributed by atoms with E-state index in [0.717, 1.165) is 11.1 Å². The van der Waals surface area contributed by atoms with Gasteiger partial charge in [0.1, 0.15) is 0 Å². The summed E-state index contributed by atoms with van der Waals surface area (Å²) >= 11 is 6.02. The highest BCUT2D eigenvalue weighted by Crippen LogP contribution is 2.23. The number of nitrogens with zero attached hydrogens (tertiary/aromatic N) is 1. The Labute approximate surface area is 177 Å². The van der Waals surface area contributed by atoms with E-state index in [4.69, 9.17) is 11.6 Å². The van der Waals surface area contributed by atoms with Crippen molar-refractivity contribution in [3.05, 3.63) is 76.2 Å². The Bertz CT molecular complexity index is 969. The lowest BCUT2D eigenvalue weighted by atomic mass is 9.96. The van der Waals surface area contributed by atoms with Crippen LogP contribution in [0.2, 0.25) is 5.02 Å². The second-order valence-electron chi connectivity index (χ2n) is 7.22. The molecule has 1 atom stereocenters. The van der Waals surface area contributed by atoms with Crippen LogP contribution in [-0.2, 0) is 14.8 Å². The Balaban J connectivity index is 1.54.